The summed E-state index contributed by atoms with van der Waals surface area (Å²) in [7, 11) is 0. The number of hydrogen-bond donors (Lipinski definition) is 3. The molecule has 154 valence electrons. The number of amides is 4. The minimum Gasteiger partial charge on any atom is -0.355 e. The molecule has 2 saturated heterocycles. The Labute approximate surface area is 171 Å². The maximum Gasteiger partial charge on any atom is 0.321 e. The Kier molecular flexibility index (Phi) is 8.07. The molecule has 9 heteroatoms. The molecule has 28 heavy (non-hydrogen) atoms. The van der Waals surface area contributed by atoms with Crippen LogP contribution in [0.2, 0.25) is 0 Å². The molecule has 1 aromatic rings. The second-order valence-electron chi connectivity index (χ2n) is 6.96. The summed E-state index contributed by atoms with van der Waals surface area (Å²) in [6, 6.07) is 7.00. The van der Waals surface area contributed by atoms with Gasteiger partial charge in [-0.05, 0) is 37.5 Å². The lowest BCUT2D eigenvalue weighted by Gasteiger charge is -2.32. The molecule has 0 radical (unpaired) electrons. The van der Waals surface area contributed by atoms with Crippen LogP contribution in [0.15, 0.2) is 24.3 Å². The van der Waals surface area contributed by atoms with Crippen LogP contribution >= 0.6 is 12.4 Å². The summed E-state index contributed by atoms with van der Waals surface area (Å²) in [5.41, 5.74) is 6.68. The number of nitrogens with zero attached hydrogens (tertiary/aromatic N) is 2. The predicted octanol–water partition coefficient (Wildman–Crippen LogP) is 0.955. The highest BCUT2D eigenvalue weighted by atomic mass is 35.5. The number of benzene rings is 1. The number of carbonyl (C=O) groups excluding carboxylic acids is 3. The first kappa shape index (κ1) is 22.0. The fourth-order valence-corrected chi connectivity index (χ4v) is 3.58. The number of hydrogen-bond acceptors (Lipinski definition) is 4. The zero-order valence-corrected chi connectivity index (χ0v) is 16.7. The zero-order chi connectivity index (χ0) is 19.2. The number of piperidine rings is 1. The van der Waals surface area contributed by atoms with Crippen molar-refractivity contribution < 1.29 is 14.4 Å². The van der Waals surface area contributed by atoms with E-state index in [1.165, 1.54) is 0 Å². The molecule has 0 spiro atoms. The molecule has 0 aromatic heterocycles. The number of rotatable bonds is 5. The molecule has 1 aromatic carbocycles. The predicted molar refractivity (Wildman–Crippen MR) is 110 cm³/mol. The number of halogens is 1. The molecule has 2 aliphatic rings. The largest absolute Gasteiger partial charge is 0.355 e. The van der Waals surface area contributed by atoms with Crippen molar-refractivity contribution in [2.75, 3.05) is 44.2 Å². The Morgan fingerprint density at radius 2 is 2.07 bits per heavy atom. The standard InChI is InChI=1S/C19H27N5O3.ClH/c20-7-9-21-17(25)15-5-2-10-23(13-15)18(26)14-4-1-6-16(12-14)24-11-3-8-22-19(24)27;/h1,4,6,12,15H,2-3,5,7-11,13,20H2,(H,21,25)(H,22,27);1H. The van der Waals surface area contributed by atoms with Gasteiger partial charge in [-0.2, -0.15) is 0 Å². The molecule has 2 aliphatic heterocycles. The highest BCUT2D eigenvalue weighted by Crippen LogP contribution is 2.22. The van der Waals surface area contributed by atoms with Gasteiger partial charge in [0.1, 0.15) is 0 Å². The van der Waals surface area contributed by atoms with E-state index < -0.39 is 0 Å². The Bertz CT molecular complexity index is 715. The van der Waals surface area contributed by atoms with Crippen molar-refractivity contribution in [3.05, 3.63) is 29.8 Å². The van der Waals surface area contributed by atoms with E-state index in [0.29, 0.717) is 50.5 Å². The number of urea groups is 1. The van der Waals surface area contributed by atoms with E-state index in [4.69, 9.17) is 5.73 Å². The summed E-state index contributed by atoms with van der Waals surface area (Å²) in [5.74, 6) is -0.354. The van der Waals surface area contributed by atoms with E-state index in [9.17, 15) is 14.4 Å². The van der Waals surface area contributed by atoms with E-state index in [2.05, 4.69) is 10.6 Å². The molecule has 0 saturated carbocycles. The molecule has 3 rings (SSSR count). The van der Waals surface area contributed by atoms with Gasteiger partial charge in [-0.1, -0.05) is 6.07 Å². The van der Waals surface area contributed by atoms with Crippen LogP contribution in [0.25, 0.3) is 0 Å². The van der Waals surface area contributed by atoms with Crippen molar-refractivity contribution >= 4 is 35.9 Å². The molecule has 1 atom stereocenters. The molecule has 2 heterocycles. The van der Waals surface area contributed by atoms with Gasteiger partial charge in [0.15, 0.2) is 0 Å². The minimum absolute atomic E-state index is 0. The van der Waals surface area contributed by atoms with Crippen LogP contribution in [0.3, 0.4) is 0 Å². The van der Waals surface area contributed by atoms with Crippen LogP contribution in [0.5, 0.6) is 0 Å². The van der Waals surface area contributed by atoms with E-state index >= 15 is 0 Å². The maximum atomic E-state index is 13.0. The number of nitrogens with one attached hydrogen (secondary N) is 2. The average molecular weight is 410 g/mol. The van der Waals surface area contributed by atoms with E-state index in [-0.39, 0.29) is 36.2 Å². The molecule has 0 aliphatic carbocycles. The van der Waals surface area contributed by atoms with Crippen LogP contribution < -0.4 is 21.3 Å². The smallest absolute Gasteiger partial charge is 0.321 e. The third-order valence-electron chi connectivity index (χ3n) is 5.01. The van der Waals surface area contributed by atoms with Crippen molar-refractivity contribution in [1.82, 2.24) is 15.5 Å². The number of nitrogens with two attached hydrogens (primary N) is 1. The molecular formula is C19H28ClN5O3. The molecule has 0 bridgehead atoms. The van der Waals surface area contributed by atoms with Crippen molar-refractivity contribution in [1.29, 1.82) is 0 Å². The Morgan fingerprint density at radius 3 is 2.82 bits per heavy atom. The van der Waals surface area contributed by atoms with Crippen LogP contribution in [0, 0.1) is 5.92 Å². The molecule has 8 nitrogen and oxygen atoms in total. The van der Waals surface area contributed by atoms with Crippen molar-refractivity contribution in [3.63, 3.8) is 0 Å². The van der Waals surface area contributed by atoms with Gasteiger partial charge < -0.3 is 21.3 Å². The SMILES string of the molecule is Cl.NCCNC(=O)C1CCCN(C(=O)c2cccc(N3CCCNC3=O)c2)C1. The normalized spacial score (nSPS) is 19.5. The maximum absolute atomic E-state index is 13.0. The number of anilines is 1. The second kappa shape index (κ2) is 10.3. The molecule has 4 amide bonds. The van der Waals surface area contributed by atoms with Gasteiger partial charge in [0.25, 0.3) is 5.91 Å². The van der Waals surface area contributed by atoms with Gasteiger partial charge in [-0.3, -0.25) is 14.5 Å². The van der Waals surface area contributed by atoms with Gasteiger partial charge in [0.05, 0.1) is 5.92 Å². The number of likely N-dealkylation sites (tertiary alicyclic amines) is 1. The van der Waals surface area contributed by atoms with Crippen LogP contribution in [0.1, 0.15) is 29.6 Å². The van der Waals surface area contributed by atoms with Crippen molar-refractivity contribution in [2.45, 2.75) is 19.3 Å². The number of carbonyl (C=O) groups is 3. The van der Waals surface area contributed by atoms with Crippen molar-refractivity contribution in [3.8, 4) is 0 Å². The fraction of sp³-hybridized carbons (Fsp3) is 0.526. The summed E-state index contributed by atoms with van der Waals surface area (Å²) < 4.78 is 0. The summed E-state index contributed by atoms with van der Waals surface area (Å²) in [6.07, 6.45) is 2.43. The lowest BCUT2D eigenvalue weighted by molar-refractivity contribution is -0.126. The first-order valence-corrected chi connectivity index (χ1v) is 9.52. The Balaban J connectivity index is 0.00000280. The second-order valence-corrected chi connectivity index (χ2v) is 6.96. The van der Waals surface area contributed by atoms with Gasteiger partial charge in [0.2, 0.25) is 5.91 Å². The van der Waals surface area contributed by atoms with Crippen LogP contribution in [-0.4, -0.2) is 62.0 Å². The van der Waals surface area contributed by atoms with E-state index in [1.807, 2.05) is 6.07 Å². The minimum atomic E-state index is -0.203. The van der Waals surface area contributed by atoms with Gasteiger partial charge >= 0.3 is 6.03 Å². The third-order valence-corrected chi connectivity index (χ3v) is 5.01. The highest BCUT2D eigenvalue weighted by Gasteiger charge is 2.29. The monoisotopic (exact) mass is 409 g/mol. The van der Waals surface area contributed by atoms with Gasteiger partial charge in [0, 0.05) is 50.5 Å². The third kappa shape index (κ3) is 5.14. The summed E-state index contributed by atoms with van der Waals surface area (Å²) >= 11 is 0. The molecular weight excluding hydrogens is 382 g/mol. The van der Waals surface area contributed by atoms with Gasteiger partial charge in [-0.15, -0.1) is 12.4 Å². The lowest BCUT2D eigenvalue weighted by atomic mass is 9.96. The topological polar surface area (TPSA) is 108 Å². The fourth-order valence-electron chi connectivity index (χ4n) is 3.58. The average Bonchev–Trinajstić information content (AvgIpc) is 2.72. The molecule has 4 N–H and O–H groups in total. The van der Waals surface area contributed by atoms with Crippen LogP contribution in [-0.2, 0) is 4.79 Å². The highest BCUT2D eigenvalue weighted by molar-refractivity contribution is 5.98. The lowest BCUT2D eigenvalue weighted by Crippen LogP contribution is -2.47. The first-order valence-electron chi connectivity index (χ1n) is 9.52. The Morgan fingerprint density at radius 1 is 1.25 bits per heavy atom. The first-order chi connectivity index (χ1) is 13.1. The van der Waals surface area contributed by atoms with Gasteiger partial charge in [-0.25, -0.2) is 4.79 Å². The molecule has 1 unspecified atom stereocenters. The van der Waals surface area contributed by atoms with E-state index in [1.54, 1.807) is 28.0 Å². The summed E-state index contributed by atoms with van der Waals surface area (Å²) in [6.45, 7) is 3.20. The Hall–Kier alpha value is -2.32. The molecule has 2 fully saturated rings. The summed E-state index contributed by atoms with van der Waals surface area (Å²) in [5, 5.41) is 5.62. The van der Waals surface area contributed by atoms with Crippen molar-refractivity contribution in [2.24, 2.45) is 11.7 Å². The summed E-state index contributed by atoms with van der Waals surface area (Å²) in [4.78, 5) is 40.6. The van der Waals surface area contributed by atoms with E-state index in [0.717, 1.165) is 19.3 Å². The zero-order valence-electron chi connectivity index (χ0n) is 15.9. The quantitative estimate of drug-likeness (QED) is 0.673. The van der Waals surface area contributed by atoms with Crippen LogP contribution in [0.4, 0.5) is 10.5 Å².